The van der Waals surface area contributed by atoms with Crippen molar-refractivity contribution in [2.24, 2.45) is 0 Å². The highest BCUT2D eigenvalue weighted by Gasteiger charge is 2.10. The first-order chi connectivity index (χ1) is 13.1. The van der Waals surface area contributed by atoms with E-state index in [1.165, 1.54) is 0 Å². The largest absolute Gasteiger partial charge is 0.483 e. The summed E-state index contributed by atoms with van der Waals surface area (Å²) in [5.74, 6) is 0.570. The topological polar surface area (TPSA) is 55.6 Å². The molecule has 4 aromatic rings. The summed E-state index contributed by atoms with van der Waals surface area (Å²) in [5, 5.41) is 4.89. The molecule has 0 saturated carbocycles. The zero-order valence-corrected chi connectivity index (χ0v) is 15.9. The van der Waals surface area contributed by atoms with Crippen molar-refractivity contribution in [3.63, 3.8) is 0 Å². The number of ether oxygens (including phenoxy) is 1. The Kier molecular flexibility index (Phi) is 4.64. The van der Waals surface area contributed by atoms with Gasteiger partial charge in [-0.1, -0.05) is 30.3 Å². The Morgan fingerprint density at radius 3 is 2.74 bits per heavy atom. The standard InChI is InChI=1S/C21H19N3O2S/c1-14-5-3-6-15(2)20(14)26-13-19(25)22-17-8-4-7-16(11-17)18-12-24-9-10-27-21(24)23-18/h3-12H,13H2,1-2H3,(H,22,25). The second-order valence-corrected chi connectivity index (χ2v) is 7.23. The van der Waals surface area contributed by atoms with Gasteiger partial charge in [-0.15, -0.1) is 11.3 Å². The van der Waals surface area contributed by atoms with Gasteiger partial charge in [-0.05, 0) is 37.1 Å². The van der Waals surface area contributed by atoms with Crippen LogP contribution in [0.5, 0.6) is 5.75 Å². The highest BCUT2D eigenvalue weighted by Crippen LogP contribution is 2.25. The van der Waals surface area contributed by atoms with E-state index in [1.807, 2.05) is 78.5 Å². The summed E-state index contributed by atoms with van der Waals surface area (Å²) in [7, 11) is 0. The van der Waals surface area contributed by atoms with Gasteiger partial charge in [-0.25, -0.2) is 4.98 Å². The maximum atomic E-state index is 12.3. The number of benzene rings is 2. The fraction of sp³-hybridized carbons (Fsp3) is 0.143. The zero-order chi connectivity index (χ0) is 18.8. The first-order valence-corrected chi connectivity index (χ1v) is 9.49. The Hall–Kier alpha value is -3.12. The molecule has 0 fully saturated rings. The van der Waals surface area contributed by atoms with Gasteiger partial charge >= 0.3 is 0 Å². The molecule has 1 amide bonds. The number of aryl methyl sites for hydroxylation is 2. The second-order valence-electron chi connectivity index (χ2n) is 6.36. The van der Waals surface area contributed by atoms with Crippen molar-refractivity contribution < 1.29 is 9.53 Å². The molecule has 6 heteroatoms. The summed E-state index contributed by atoms with van der Waals surface area (Å²) in [6.07, 6.45) is 3.96. The van der Waals surface area contributed by atoms with Crippen molar-refractivity contribution in [2.75, 3.05) is 11.9 Å². The molecule has 0 saturated heterocycles. The Morgan fingerprint density at radius 1 is 1.19 bits per heavy atom. The van der Waals surface area contributed by atoms with Gasteiger partial charge in [0, 0.05) is 29.0 Å². The number of hydrogen-bond acceptors (Lipinski definition) is 4. The maximum absolute atomic E-state index is 12.3. The molecule has 2 heterocycles. The van der Waals surface area contributed by atoms with Crippen LogP contribution >= 0.6 is 11.3 Å². The van der Waals surface area contributed by atoms with Crippen LogP contribution in [-0.2, 0) is 4.79 Å². The molecule has 0 radical (unpaired) electrons. The smallest absolute Gasteiger partial charge is 0.262 e. The molecule has 0 bridgehead atoms. The number of para-hydroxylation sites is 1. The molecular formula is C21H19N3O2S. The van der Waals surface area contributed by atoms with Gasteiger partial charge in [0.25, 0.3) is 5.91 Å². The highest BCUT2D eigenvalue weighted by atomic mass is 32.1. The molecule has 0 spiro atoms. The number of imidazole rings is 1. The van der Waals surface area contributed by atoms with Crippen molar-refractivity contribution in [3.8, 4) is 17.0 Å². The molecule has 27 heavy (non-hydrogen) atoms. The predicted octanol–water partition coefficient (Wildman–Crippen LogP) is 4.70. The van der Waals surface area contributed by atoms with Crippen LogP contribution in [0.25, 0.3) is 16.2 Å². The Morgan fingerprint density at radius 2 is 1.96 bits per heavy atom. The minimum atomic E-state index is -0.194. The van der Waals surface area contributed by atoms with E-state index in [9.17, 15) is 4.79 Å². The van der Waals surface area contributed by atoms with Crippen molar-refractivity contribution in [2.45, 2.75) is 13.8 Å². The number of fused-ring (bicyclic) bond motifs is 1. The van der Waals surface area contributed by atoms with E-state index in [0.717, 1.165) is 38.8 Å². The molecule has 0 aliphatic carbocycles. The third-order valence-electron chi connectivity index (χ3n) is 4.29. The van der Waals surface area contributed by atoms with Crippen molar-refractivity contribution in [1.82, 2.24) is 9.38 Å². The number of nitrogens with one attached hydrogen (secondary N) is 1. The lowest BCUT2D eigenvalue weighted by Gasteiger charge is -2.12. The fourth-order valence-electron chi connectivity index (χ4n) is 2.98. The molecule has 2 aromatic carbocycles. The van der Waals surface area contributed by atoms with Gasteiger partial charge in [0.2, 0.25) is 0 Å². The fourth-order valence-corrected chi connectivity index (χ4v) is 3.68. The monoisotopic (exact) mass is 377 g/mol. The van der Waals surface area contributed by atoms with Crippen molar-refractivity contribution >= 4 is 27.9 Å². The third-order valence-corrected chi connectivity index (χ3v) is 5.06. The lowest BCUT2D eigenvalue weighted by Crippen LogP contribution is -2.20. The van der Waals surface area contributed by atoms with Crippen LogP contribution in [0, 0.1) is 13.8 Å². The molecule has 2 aromatic heterocycles. The van der Waals surface area contributed by atoms with Crippen LogP contribution in [-0.4, -0.2) is 21.9 Å². The molecule has 136 valence electrons. The van der Waals surface area contributed by atoms with E-state index in [4.69, 9.17) is 4.74 Å². The average Bonchev–Trinajstić information content (AvgIpc) is 3.23. The molecule has 0 atom stereocenters. The first-order valence-electron chi connectivity index (χ1n) is 8.61. The number of nitrogens with zero attached hydrogens (tertiary/aromatic N) is 2. The van der Waals surface area contributed by atoms with E-state index >= 15 is 0 Å². The molecule has 0 aliphatic rings. The lowest BCUT2D eigenvalue weighted by atomic mass is 10.1. The maximum Gasteiger partial charge on any atom is 0.262 e. The van der Waals surface area contributed by atoms with Crippen molar-refractivity contribution in [3.05, 3.63) is 71.4 Å². The highest BCUT2D eigenvalue weighted by molar-refractivity contribution is 7.15. The summed E-state index contributed by atoms with van der Waals surface area (Å²) in [6.45, 7) is 3.91. The van der Waals surface area contributed by atoms with Crippen LogP contribution < -0.4 is 10.1 Å². The molecular weight excluding hydrogens is 358 g/mol. The summed E-state index contributed by atoms with van der Waals surface area (Å²) in [6, 6.07) is 13.6. The summed E-state index contributed by atoms with van der Waals surface area (Å²) >= 11 is 1.59. The van der Waals surface area contributed by atoms with Gasteiger partial charge < -0.3 is 10.1 Å². The Labute approximate surface area is 161 Å². The number of carbonyl (C=O) groups excluding carboxylic acids is 1. The third kappa shape index (κ3) is 3.71. The van der Waals surface area contributed by atoms with Crippen LogP contribution in [0.2, 0.25) is 0 Å². The molecule has 0 unspecified atom stereocenters. The Balaban J connectivity index is 1.45. The van der Waals surface area contributed by atoms with E-state index in [0.29, 0.717) is 0 Å². The molecule has 0 aliphatic heterocycles. The normalized spacial score (nSPS) is 10.9. The number of anilines is 1. The molecule has 1 N–H and O–H groups in total. The van der Waals surface area contributed by atoms with E-state index in [-0.39, 0.29) is 12.5 Å². The minimum Gasteiger partial charge on any atom is -0.483 e. The van der Waals surface area contributed by atoms with Crippen LogP contribution in [0.4, 0.5) is 5.69 Å². The summed E-state index contributed by atoms with van der Waals surface area (Å²) < 4.78 is 7.71. The average molecular weight is 377 g/mol. The van der Waals surface area contributed by atoms with Gasteiger partial charge in [-0.3, -0.25) is 9.20 Å². The number of aromatic nitrogens is 2. The number of amides is 1. The Bertz CT molecular complexity index is 1060. The molecule has 4 rings (SSSR count). The second kappa shape index (κ2) is 7.25. The van der Waals surface area contributed by atoms with E-state index < -0.39 is 0 Å². The van der Waals surface area contributed by atoms with Gasteiger partial charge in [-0.2, -0.15) is 0 Å². The zero-order valence-electron chi connectivity index (χ0n) is 15.1. The van der Waals surface area contributed by atoms with Gasteiger partial charge in [0.05, 0.1) is 5.69 Å². The van der Waals surface area contributed by atoms with Crippen molar-refractivity contribution in [1.29, 1.82) is 0 Å². The van der Waals surface area contributed by atoms with E-state index in [1.54, 1.807) is 11.3 Å². The number of thiazole rings is 1. The predicted molar refractivity (Wildman–Crippen MR) is 109 cm³/mol. The van der Waals surface area contributed by atoms with Crippen LogP contribution in [0.15, 0.2) is 60.2 Å². The molecule has 5 nitrogen and oxygen atoms in total. The summed E-state index contributed by atoms with van der Waals surface area (Å²) in [5.41, 5.74) is 4.59. The van der Waals surface area contributed by atoms with Gasteiger partial charge in [0.1, 0.15) is 5.75 Å². The lowest BCUT2D eigenvalue weighted by molar-refractivity contribution is -0.118. The minimum absolute atomic E-state index is 0.0316. The number of rotatable bonds is 5. The van der Waals surface area contributed by atoms with E-state index in [2.05, 4.69) is 10.3 Å². The first kappa shape index (κ1) is 17.3. The SMILES string of the molecule is Cc1cccc(C)c1OCC(=O)Nc1cccc(-c2cn3ccsc3n2)c1. The van der Waals surface area contributed by atoms with Crippen LogP contribution in [0.1, 0.15) is 11.1 Å². The number of carbonyl (C=O) groups is 1. The van der Waals surface area contributed by atoms with Gasteiger partial charge in [0.15, 0.2) is 11.6 Å². The quantitative estimate of drug-likeness (QED) is 0.549. The summed E-state index contributed by atoms with van der Waals surface area (Å²) in [4.78, 5) is 17.9. The van der Waals surface area contributed by atoms with Crippen LogP contribution in [0.3, 0.4) is 0 Å². The number of hydrogen-bond donors (Lipinski definition) is 1.